The molecule has 0 saturated carbocycles. The number of carbonyl (C=O) groups is 2. The second kappa shape index (κ2) is 6.99. The van der Waals surface area contributed by atoms with Crippen LogP contribution < -0.4 is 5.32 Å². The summed E-state index contributed by atoms with van der Waals surface area (Å²) in [6.45, 7) is -0.215. The van der Waals surface area contributed by atoms with Crippen LogP contribution in [0.1, 0.15) is 23.8 Å². The van der Waals surface area contributed by atoms with E-state index in [1.54, 1.807) is 0 Å². The first kappa shape index (κ1) is 16.9. The van der Waals surface area contributed by atoms with E-state index in [1.807, 2.05) is 30.3 Å². The fourth-order valence-electron chi connectivity index (χ4n) is 2.89. The molecule has 1 aliphatic heterocycles. The number of esters is 1. The molecule has 0 saturated heterocycles. The molecule has 4 rings (SSSR count). The van der Waals surface area contributed by atoms with Crippen LogP contribution in [-0.2, 0) is 20.9 Å². The number of amides is 1. The number of anilines is 1. The molecular weight excluding hydrogens is 353 g/mol. The van der Waals surface area contributed by atoms with Gasteiger partial charge in [-0.25, -0.2) is 4.39 Å². The van der Waals surface area contributed by atoms with Gasteiger partial charge >= 0.3 is 5.97 Å². The lowest BCUT2D eigenvalue weighted by Gasteiger charge is -2.23. The number of aromatic nitrogens is 2. The van der Waals surface area contributed by atoms with E-state index in [1.165, 1.54) is 18.2 Å². The van der Waals surface area contributed by atoms with E-state index in [-0.39, 0.29) is 30.5 Å². The second-order valence-corrected chi connectivity index (χ2v) is 6.01. The van der Waals surface area contributed by atoms with Crippen molar-refractivity contribution in [1.29, 1.82) is 0 Å². The van der Waals surface area contributed by atoms with Gasteiger partial charge in [-0.05, 0) is 29.8 Å². The molecule has 27 heavy (non-hydrogen) atoms. The molecule has 0 aliphatic carbocycles. The van der Waals surface area contributed by atoms with Crippen molar-refractivity contribution in [2.24, 2.45) is 0 Å². The Balaban J connectivity index is 1.46. The zero-order chi connectivity index (χ0) is 18.8. The number of carbonyl (C=O) groups excluding carboxylic acids is 2. The molecule has 1 N–H and O–H groups in total. The van der Waals surface area contributed by atoms with Crippen molar-refractivity contribution in [3.63, 3.8) is 0 Å². The van der Waals surface area contributed by atoms with E-state index in [4.69, 9.17) is 9.15 Å². The molecule has 1 amide bonds. The third kappa shape index (κ3) is 3.55. The van der Waals surface area contributed by atoms with Crippen LogP contribution in [0.15, 0.2) is 52.9 Å². The molecule has 1 atom stereocenters. The Bertz CT molecular complexity index is 1000. The predicted octanol–water partition coefficient (Wildman–Crippen LogP) is 3.04. The molecule has 8 heteroatoms. The number of benzene rings is 2. The summed E-state index contributed by atoms with van der Waals surface area (Å²) in [5.74, 6) is -1.84. The molecule has 1 unspecified atom stereocenters. The third-order valence-electron chi connectivity index (χ3n) is 4.16. The lowest BCUT2D eigenvalue weighted by molar-refractivity contribution is -0.148. The van der Waals surface area contributed by atoms with Gasteiger partial charge in [0.05, 0.1) is 5.92 Å². The SMILES string of the molecule is O=C1CC(C(=O)OCc2nnc(-c3ccccc3)o2)c2ccc(F)cc2N1. The summed E-state index contributed by atoms with van der Waals surface area (Å²) in [6.07, 6.45) is -0.0729. The molecule has 2 aromatic carbocycles. The van der Waals surface area contributed by atoms with Crippen molar-refractivity contribution in [1.82, 2.24) is 10.2 Å². The minimum atomic E-state index is -0.814. The Morgan fingerprint density at radius 3 is 2.85 bits per heavy atom. The fraction of sp³-hybridized carbons (Fsp3) is 0.158. The molecule has 1 aliphatic rings. The fourth-order valence-corrected chi connectivity index (χ4v) is 2.89. The highest BCUT2D eigenvalue weighted by atomic mass is 19.1. The van der Waals surface area contributed by atoms with Crippen LogP contribution in [-0.4, -0.2) is 22.1 Å². The first-order valence-corrected chi connectivity index (χ1v) is 8.24. The van der Waals surface area contributed by atoms with Crippen LogP contribution in [0.2, 0.25) is 0 Å². The van der Waals surface area contributed by atoms with E-state index in [2.05, 4.69) is 15.5 Å². The van der Waals surface area contributed by atoms with Crippen molar-refractivity contribution >= 4 is 17.6 Å². The number of nitrogens with one attached hydrogen (secondary N) is 1. The highest BCUT2D eigenvalue weighted by molar-refractivity contribution is 5.99. The molecule has 0 spiro atoms. The van der Waals surface area contributed by atoms with Crippen LogP contribution in [0.3, 0.4) is 0 Å². The number of fused-ring (bicyclic) bond motifs is 1. The van der Waals surface area contributed by atoms with Gasteiger partial charge in [0.1, 0.15) is 5.82 Å². The minimum Gasteiger partial charge on any atom is -0.455 e. The van der Waals surface area contributed by atoms with Crippen LogP contribution >= 0.6 is 0 Å². The van der Waals surface area contributed by atoms with Crippen LogP contribution in [0.25, 0.3) is 11.5 Å². The van der Waals surface area contributed by atoms with Crippen LogP contribution in [0.4, 0.5) is 10.1 Å². The average molecular weight is 367 g/mol. The van der Waals surface area contributed by atoms with E-state index in [9.17, 15) is 14.0 Å². The van der Waals surface area contributed by atoms with Crippen LogP contribution in [0.5, 0.6) is 0 Å². The van der Waals surface area contributed by atoms with Gasteiger partial charge in [-0.3, -0.25) is 9.59 Å². The standard InChI is InChI=1S/C19H14FN3O4/c20-12-6-7-13-14(9-16(24)21-15(13)8-12)19(25)26-10-17-22-23-18(27-17)11-4-2-1-3-5-11/h1-8,14H,9-10H2,(H,21,24). The quantitative estimate of drug-likeness (QED) is 0.712. The van der Waals surface area contributed by atoms with Gasteiger partial charge in [0.2, 0.25) is 11.8 Å². The number of halogens is 1. The van der Waals surface area contributed by atoms with E-state index in [0.29, 0.717) is 11.5 Å². The van der Waals surface area contributed by atoms with Crippen molar-refractivity contribution in [3.05, 3.63) is 65.8 Å². The number of ether oxygens (including phenoxy) is 1. The number of hydrogen-bond acceptors (Lipinski definition) is 6. The molecule has 7 nitrogen and oxygen atoms in total. The summed E-state index contributed by atoms with van der Waals surface area (Å²) < 4.78 is 24.1. The summed E-state index contributed by atoms with van der Waals surface area (Å²) in [7, 11) is 0. The maximum absolute atomic E-state index is 13.4. The number of hydrogen-bond donors (Lipinski definition) is 1. The van der Waals surface area contributed by atoms with E-state index >= 15 is 0 Å². The zero-order valence-electron chi connectivity index (χ0n) is 14.0. The maximum Gasteiger partial charge on any atom is 0.314 e. The van der Waals surface area contributed by atoms with E-state index in [0.717, 1.165) is 5.56 Å². The van der Waals surface area contributed by atoms with Gasteiger partial charge in [0, 0.05) is 17.7 Å². The monoisotopic (exact) mass is 367 g/mol. The number of nitrogens with zero attached hydrogens (tertiary/aromatic N) is 2. The van der Waals surface area contributed by atoms with Gasteiger partial charge < -0.3 is 14.5 Å². The summed E-state index contributed by atoms with van der Waals surface area (Å²) in [5.41, 5.74) is 1.54. The summed E-state index contributed by atoms with van der Waals surface area (Å²) in [4.78, 5) is 24.3. The lowest BCUT2D eigenvalue weighted by atomic mass is 9.90. The highest BCUT2D eigenvalue weighted by Crippen LogP contribution is 2.33. The summed E-state index contributed by atoms with van der Waals surface area (Å²) in [6, 6.07) is 13.1. The van der Waals surface area contributed by atoms with Gasteiger partial charge in [-0.2, -0.15) is 0 Å². The first-order valence-electron chi connectivity index (χ1n) is 8.24. The normalized spacial score (nSPS) is 15.7. The molecule has 0 bridgehead atoms. The van der Waals surface area contributed by atoms with Gasteiger partial charge in [0.15, 0.2) is 6.61 Å². The molecule has 2 heterocycles. The molecular formula is C19H14FN3O4. The topological polar surface area (TPSA) is 94.3 Å². The third-order valence-corrected chi connectivity index (χ3v) is 4.16. The van der Waals surface area contributed by atoms with Crippen molar-refractivity contribution in [2.45, 2.75) is 18.9 Å². The average Bonchev–Trinajstić information content (AvgIpc) is 3.15. The van der Waals surface area contributed by atoms with Gasteiger partial charge in [-0.1, -0.05) is 24.3 Å². The van der Waals surface area contributed by atoms with Gasteiger partial charge in [-0.15, -0.1) is 10.2 Å². The minimum absolute atomic E-state index is 0.0729. The highest BCUT2D eigenvalue weighted by Gasteiger charge is 2.32. The molecule has 1 aromatic heterocycles. The second-order valence-electron chi connectivity index (χ2n) is 6.01. The zero-order valence-corrected chi connectivity index (χ0v) is 14.0. The van der Waals surface area contributed by atoms with Crippen LogP contribution in [0, 0.1) is 5.82 Å². The van der Waals surface area contributed by atoms with Crippen molar-refractivity contribution in [2.75, 3.05) is 5.32 Å². The Hall–Kier alpha value is -3.55. The molecule has 0 radical (unpaired) electrons. The molecule has 3 aromatic rings. The summed E-state index contributed by atoms with van der Waals surface area (Å²) >= 11 is 0. The van der Waals surface area contributed by atoms with E-state index < -0.39 is 17.7 Å². The van der Waals surface area contributed by atoms with Crippen molar-refractivity contribution in [3.8, 4) is 11.5 Å². The summed E-state index contributed by atoms with van der Waals surface area (Å²) in [5, 5.41) is 10.3. The predicted molar refractivity (Wildman–Crippen MR) is 91.9 cm³/mol. The number of rotatable bonds is 4. The first-order chi connectivity index (χ1) is 13.1. The molecule has 136 valence electrons. The Morgan fingerprint density at radius 2 is 2.04 bits per heavy atom. The van der Waals surface area contributed by atoms with Gasteiger partial charge in [0.25, 0.3) is 5.89 Å². The Kier molecular flexibility index (Phi) is 4.37. The lowest BCUT2D eigenvalue weighted by Crippen LogP contribution is -2.28. The smallest absolute Gasteiger partial charge is 0.314 e. The largest absolute Gasteiger partial charge is 0.455 e. The Morgan fingerprint density at radius 1 is 1.22 bits per heavy atom. The van der Waals surface area contributed by atoms with Crippen molar-refractivity contribution < 1.29 is 23.1 Å². The molecule has 0 fully saturated rings. The Labute approximate surface area is 153 Å². The maximum atomic E-state index is 13.4.